The van der Waals surface area contributed by atoms with Crippen LogP contribution in [0, 0.1) is 5.82 Å². The van der Waals surface area contributed by atoms with Crippen molar-refractivity contribution in [2.24, 2.45) is 0 Å². The maximum atomic E-state index is 14.0. The molecule has 1 N–H and O–H groups in total. The highest BCUT2D eigenvalue weighted by Crippen LogP contribution is 2.22. The average molecular weight is 260 g/mol. The first-order valence-electron chi connectivity index (χ1n) is 5.99. The Balaban J connectivity index is 2.01. The molecule has 1 nitrogen and oxygen atoms in total. The van der Waals surface area contributed by atoms with Crippen molar-refractivity contribution >= 4 is 11.6 Å². The van der Waals surface area contributed by atoms with E-state index in [0.29, 0.717) is 5.56 Å². The quantitative estimate of drug-likeness (QED) is 0.876. The van der Waals surface area contributed by atoms with Crippen molar-refractivity contribution in [3.05, 3.63) is 34.6 Å². The van der Waals surface area contributed by atoms with Crippen LogP contribution in [0.4, 0.5) is 8.78 Å². The molecular formula is C13H16ClF2N. The highest BCUT2D eigenvalue weighted by Gasteiger charge is 2.24. The number of piperidine rings is 1. The molecule has 2 atom stereocenters. The van der Waals surface area contributed by atoms with E-state index in [1.54, 1.807) is 12.1 Å². The Labute approximate surface area is 105 Å². The molecule has 4 heteroatoms. The fourth-order valence-electron chi connectivity index (χ4n) is 2.25. The molecule has 17 heavy (non-hydrogen) atoms. The van der Waals surface area contributed by atoms with Gasteiger partial charge in [-0.05, 0) is 31.0 Å². The van der Waals surface area contributed by atoms with E-state index in [9.17, 15) is 8.78 Å². The minimum atomic E-state index is -1.05. The first kappa shape index (κ1) is 12.8. The van der Waals surface area contributed by atoms with Crippen LogP contribution in [0.3, 0.4) is 0 Å². The van der Waals surface area contributed by atoms with Crippen molar-refractivity contribution in [3.63, 3.8) is 0 Å². The van der Waals surface area contributed by atoms with Gasteiger partial charge in [0.15, 0.2) is 0 Å². The summed E-state index contributed by atoms with van der Waals surface area (Å²) >= 11 is 5.67. The van der Waals surface area contributed by atoms with Crippen LogP contribution in [-0.2, 0) is 6.42 Å². The number of nitrogens with one attached hydrogen (secondary N) is 1. The third-order valence-corrected chi connectivity index (χ3v) is 3.52. The molecule has 0 radical (unpaired) electrons. The van der Waals surface area contributed by atoms with Crippen LogP contribution in [-0.4, -0.2) is 18.8 Å². The van der Waals surface area contributed by atoms with Gasteiger partial charge in [0.25, 0.3) is 0 Å². The van der Waals surface area contributed by atoms with E-state index in [2.05, 4.69) is 5.32 Å². The van der Waals surface area contributed by atoms with Crippen LogP contribution in [0.2, 0.25) is 5.02 Å². The summed E-state index contributed by atoms with van der Waals surface area (Å²) in [6, 6.07) is 4.58. The van der Waals surface area contributed by atoms with Crippen molar-refractivity contribution in [2.45, 2.75) is 37.9 Å². The lowest BCUT2D eigenvalue weighted by Crippen LogP contribution is -2.42. The number of hydrogen-bond acceptors (Lipinski definition) is 1. The van der Waals surface area contributed by atoms with Gasteiger partial charge in [-0.1, -0.05) is 30.2 Å². The predicted octanol–water partition coefficient (Wildman–Crippen LogP) is 3.50. The maximum absolute atomic E-state index is 14.0. The predicted molar refractivity (Wildman–Crippen MR) is 65.7 cm³/mol. The molecule has 1 saturated heterocycles. The first-order valence-corrected chi connectivity index (χ1v) is 6.36. The second kappa shape index (κ2) is 5.78. The zero-order chi connectivity index (χ0) is 12.3. The Morgan fingerprint density at radius 1 is 1.41 bits per heavy atom. The van der Waals surface area contributed by atoms with Gasteiger partial charge in [0.2, 0.25) is 0 Å². The summed E-state index contributed by atoms with van der Waals surface area (Å²) in [5, 5.41) is 3.20. The fourth-order valence-corrected chi connectivity index (χ4v) is 2.44. The highest BCUT2D eigenvalue weighted by molar-refractivity contribution is 6.30. The molecule has 1 aromatic rings. The van der Waals surface area contributed by atoms with E-state index < -0.39 is 12.0 Å². The van der Waals surface area contributed by atoms with Gasteiger partial charge in [0, 0.05) is 12.5 Å². The van der Waals surface area contributed by atoms with Crippen LogP contribution in [0.5, 0.6) is 0 Å². The first-order chi connectivity index (χ1) is 8.18. The standard InChI is InChI=1S/C13H16ClF2N/c14-10-5-3-4-9(13(10)16)8-11(15)12-6-1-2-7-17-12/h3-5,11-12,17H,1-2,6-8H2. The summed E-state index contributed by atoms with van der Waals surface area (Å²) in [6.07, 6.45) is 1.99. The third kappa shape index (κ3) is 3.17. The van der Waals surface area contributed by atoms with Crippen molar-refractivity contribution in [3.8, 4) is 0 Å². The van der Waals surface area contributed by atoms with Gasteiger partial charge in [-0.2, -0.15) is 0 Å². The second-order valence-electron chi connectivity index (χ2n) is 4.49. The molecule has 0 saturated carbocycles. The van der Waals surface area contributed by atoms with Crippen molar-refractivity contribution < 1.29 is 8.78 Å². The largest absolute Gasteiger partial charge is 0.311 e. The van der Waals surface area contributed by atoms with Crippen molar-refractivity contribution in [1.82, 2.24) is 5.32 Å². The lowest BCUT2D eigenvalue weighted by Gasteiger charge is -2.26. The fraction of sp³-hybridized carbons (Fsp3) is 0.538. The molecule has 0 spiro atoms. The summed E-state index contributed by atoms with van der Waals surface area (Å²) in [5.41, 5.74) is 0.359. The SMILES string of the molecule is Fc1c(Cl)cccc1CC(F)C1CCCCN1. The zero-order valence-electron chi connectivity index (χ0n) is 9.56. The molecule has 0 bridgehead atoms. The lowest BCUT2D eigenvalue weighted by molar-refractivity contribution is 0.215. The van der Waals surface area contributed by atoms with Gasteiger partial charge in [-0.3, -0.25) is 0 Å². The molecule has 2 unspecified atom stereocenters. The Kier molecular flexibility index (Phi) is 4.35. The Hall–Kier alpha value is -0.670. The van der Waals surface area contributed by atoms with Crippen LogP contribution in [0.25, 0.3) is 0 Å². The van der Waals surface area contributed by atoms with Crippen LogP contribution in [0.15, 0.2) is 18.2 Å². The third-order valence-electron chi connectivity index (χ3n) is 3.23. The topological polar surface area (TPSA) is 12.0 Å². The number of halogens is 3. The molecule has 1 aromatic carbocycles. The van der Waals surface area contributed by atoms with Gasteiger partial charge >= 0.3 is 0 Å². The highest BCUT2D eigenvalue weighted by atomic mass is 35.5. The molecule has 1 aliphatic heterocycles. The molecule has 94 valence electrons. The lowest BCUT2D eigenvalue weighted by atomic mass is 9.96. The minimum Gasteiger partial charge on any atom is -0.311 e. The van der Waals surface area contributed by atoms with E-state index >= 15 is 0 Å². The smallest absolute Gasteiger partial charge is 0.145 e. The molecule has 2 rings (SSSR count). The van der Waals surface area contributed by atoms with Gasteiger partial charge in [0.1, 0.15) is 12.0 Å². The number of benzene rings is 1. The minimum absolute atomic E-state index is 0.0614. The summed E-state index contributed by atoms with van der Waals surface area (Å²) in [4.78, 5) is 0. The summed E-state index contributed by atoms with van der Waals surface area (Å²) in [7, 11) is 0. The van der Waals surface area contributed by atoms with E-state index in [4.69, 9.17) is 11.6 Å². The molecule has 0 amide bonds. The number of alkyl halides is 1. The van der Waals surface area contributed by atoms with Gasteiger partial charge in [-0.25, -0.2) is 8.78 Å². The van der Waals surface area contributed by atoms with Crippen molar-refractivity contribution in [2.75, 3.05) is 6.54 Å². The molecule has 0 aliphatic carbocycles. The summed E-state index contributed by atoms with van der Waals surface area (Å²) in [5.74, 6) is -0.493. The second-order valence-corrected chi connectivity index (χ2v) is 4.90. The molecule has 1 heterocycles. The zero-order valence-corrected chi connectivity index (χ0v) is 10.3. The number of rotatable bonds is 3. The van der Waals surface area contributed by atoms with E-state index in [-0.39, 0.29) is 17.5 Å². The van der Waals surface area contributed by atoms with Crippen molar-refractivity contribution in [1.29, 1.82) is 0 Å². The maximum Gasteiger partial charge on any atom is 0.145 e. The monoisotopic (exact) mass is 259 g/mol. The van der Waals surface area contributed by atoms with Crippen LogP contribution in [0.1, 0.15) is 24.8 Å². The Morgan fingerprint density at radius 3 is 2.94 bits per heavy atom. The molecule has 1 aliphatic rings. The van der Waals surface area contributed by atoms with E-state index in [1.807, 2.05) is 0 Å². The van der Waals surface area contributed by atoms with Gasteiger partial charge < -0.3 is 5.32 Å². The van der Waals surface area contributed by atoms with E-state index in [0.717, 1.165) is 25.8 Å². The van der Waals surface area contributed by atoms with Gasteiger partial charge in [-0.15, -0.1) is 0 Å². The van der Waals surface area contributed by atoms with Crippen LogP contribution >= 0.6 is 11.6 Å². The summed E-state index contributed by atoms with van der Waals surface area (Å²) < 4.78 is 27.6. The Bertz CT molecular complexity index is 378. The number of hydrogen-bond donors (Lipinski definition) is 1. The molecule has 1 fully saturated rings. The Morgan fingerprint density at radius 2 is 2.24 bits per heavy atom. The average Bonchev–Trinajstić information content (AvgIpc) is 2.36. The van der Waals surface area contributed by atoms with Crippen LogP contribution < -0.4 is 5.32 Å². The normalized spacial score (nSPS) is 22.4. The van der Waals surface area contributed by atoms with Gasteiger partial charge in [0.05, 0.1) is 5.02 Å². The molecular weight excluding hydrogens is 244 g/mol. The van der Waals surface area contributed by atoms with E-state index in [1.165, 1.54) is 6.07 Å². The summed E-state index contributed by atoms with van der Waals surface area (Å²) in [6.45, 7) is 0.850. The molecule has 0 aromatic heterocycles.